The summed E-state index contributed by atoms with van der Waals surface area (Å²) in [5, 5.41) is 12.7. The minimum atomic E-state index is -4.25. The van der Waals surface area contributed by atoms with Crippen molar-refractivity contribution in [3.05, 3.63) is 46.2 Å². The SMILES string of the molecule is Nc1nc2c(c(=O)[nH]1)NCN2[C@@H]1C[C@H](CO)[C@H]1COP(=O)(O)OCCc1ccccc1. The van der Waals surface area contributed by atoms with Gasteiger partial charge in [-0.2, -0.15) is 4.98 Å². The number of fused-ring (bicyclic) bond motifs is 1. The number of nitrogens with two attached hydrogens (primary N) is 1. The molecule has 1 aliphatic heterocycles. The van der Waals surface area contributed by atoms with Gasteiger partial charge in [-0.3, -0.25) is 18.8 Å². The third kappa shape index (κ3) is 4.76. The second kappa shape index (κ2) is 8.97. The summed E-state index contributed by atoms with van der Waals surface area (Å²) in [4.78, 5) is 30.6. The van der Waals surface area contributed by atoms with Crippen molar-refractivity contribution in [1.82, 2.24) is 9.97 Å². The van der Waals surface area contributed by atoms with Gasteiger partial charge in [0.1, 0.15) is 5.69 Å². The van der Waals surface area contributed by atoms with E-state index in [0.29, 0.717) is 31.0 Å². The maximum atomic E-state index is 12.3. The molecule has 0 spiro atoms. The Kier molecular flexibility index (Phi) is 6.31. The highest BCUT2D eigenvalue weighted by Crippen LogP contribution is 2.48. The lowest BCUT2D eigenvalue weighted by Crippen LogP contribution is -2.55. The number of aliphatic hydroxyl groups is 1. The Labute approximate surface area is 178 Å². The average molecular weight is 451 g/mol. The van der Waals surface area contributed by atoms with Gasteiger partial charge in [-0.1, -0.05) is 30.3 Å². The summed E-state index contributed by atoms with van der Waals surface area (Å²) in [7, 11) is -4.25. The lowest BCUT2D eigenvalue weighted by molar-refractivity contribution is 0.0171. The van der Waals surface area contributed by atoms with Gasteiger partial charge in [-0.05, 0) is 24.3 Å². The van der Waals surface area contributed by atoms with Crippen LogP contribution >= 0.6 is 7.82 Å². The molecule has 1 fully saturated rings. The number of rotatable bonds is 9. The number of aliphatic hydroxyl groups excluding tert-OH is 1. The van der Waals surface area contributed by atoms with E-state index in [-0.39, 0.29) is 49.2 Å². The molecule has 2 aromatic rings. The predicted molar refractivity (Wildman–Crippen MR) is 115 cm³/mol. The van der Waals surface area contributed by atoms with E-state index in [4.69, 9.17) is 14.8 Å². The monoisotopic (exact) mass is 451 g/mol. The number of phosphoric ester groups is 1. The first-order valence-electron chi connectivity index (χ1n) is 10.0. The third-order valence-electron chi connectivity index (χ3n) is 5.81. The zero-order valence-corrected chi connectivity index (χ0v) is 17.7. The van der Waals surface area contributed by atoms with Crippen molar-refractivity contribution in [2.75, 3.05) is 42.4 Å². The first-order valence-corrected chi connectivity index (χ1v) is 11.5. The number of nitrogens with zero attached hydrogens (tertiary/aromatic N) is 2. The highest BCUT2D eigenvalue weighted by atomic mass is 31.2. The predicted octanol–water partition coefficient (Wildman–Crippen LogP) is 0.915. The molecular weight excluding hydrogens is 425 g/mol. The van der Waals surface area contributed by atoms with Gasteiger partial charge in [0, 0.05) is 18.6 Å². The number of anilines is 3. The molecule has 1 aromatic heterocycles. The highest BCUT2D eigenvalue weighted by Gasteiger charge is 2.47. The quantitative estimate of drug-likeness (QED) is 0.346. The van der Waals surface area contributed by atoms with E-state index in [2.05, 4.69) is 15.3 Å². The summed E-state index contributed by atoms with van der Waals surface area (Å²) >= 11 is 0. The topological polar surface area (TPSA) is 163 Å². The number of aromatic nitrogens is 2. The van der Waals surface area contributed by atoms with Crippen LogP contribution in [0.3, 0.4) is 0 Å². The van der Waals surface area contributed by atoms with Gasteiger partial charge in [0.2, 0.25) is 5.95 Å². The molecule has 6 N–H and O–H groups in total. The largest absolute Gasteiger partial charge is 0.472 e. The van der Waals surface area contributed by atoms with Crippen LogP contribution in [0.1, 0.15) is 12.0 Å². The van der Waals surface area contributed by atoms with Crippen molar-refractivity contribution in [2.24, 2.45) is 11.8 Å². The van der Waals surface area contributed by atoms with E-state index in [1.54, 1.807) is 0 Å². The lowest BCUT2D eigenvalue weighted by atomic mass is 9.69. The molecule has 0 amide bonds. The van der Waals surface area contributed by atoms with Crippen molar-refractivity contribution < 1.29 is 23.6 Å². The molecule has 11 nitrogen and oxygen atoms in total. The van der Waals surface area contributed by atoms with Crippen LogP contribution in [0.25, 0.3) is 0 Å². The fraction of sp³-hybridized carbons (Fsp3) is 0.474. The Morgan fingerprint density at radius 3 is 2.81 bits per heavy atom. The fourth-order valence-electron chi connectivity index (χ4n) is 4.09. The second-order valence-corrected chi connectivity index (χ2v) is 9.15. The van der Waals surface area contributed by atoms with Gasteiger partial charge >= 0.3 is 7.82 Å². The molecule has 2 heterocycles. The fourth-order valence-corrected chi connectivity index (χ4v) is 4.85. The molecule has 12 heteroatoms. The van der Waals surface area contributed by atoms with E-state index in [9.17, 15) is 19.4 Å². The normalized spacial score (nSPS) is 24.2. The summed E-state index contributed by atoms with van der Waals surface area (Å²) < 4.78 is 22.6. The summed E-state index contributed by atoms with van der Waals surface area (Å²) in [6.07, 6.45) is 1.11. The molecule has 4 rings (SSSR count). The van der Waals surface area contributed by atoms with E-state index in [1.807, 2.05) is 35.2 Å². The van der Waals surface area contributed by atoms with Crippen LogP contribution in [-0.2, 0) is 20.0 Å². The number of aromatic amines is 1. The Bertz CT molecular complexity index is 1020. The van der Waals surface area contributed by atoms with Crippen molar-refractivity contribution in [3.8, 4) is 0 Å². The van der Waals surface area contributed by atoms with Crippen LogP contribution < -0.4 is 21.5 Å². The number of nitrogen functional groups attached to an aromatic ring is 1. The first-order chi connectivity index (χ1) is 14.9. The van der Waals surface area contributed by atoms with Crippen molar-refractivity contribution in [2.45, 2.75) is 18.9 Å². The van der Waals surface area contributed by atoms with E-state index in [1.165, 1.54) is 0 Å². The van der Waals surface area contributed by atoms with E-state index < -0.39 is 7.82 Å². The summed E-state index contributed by atoms with van der Waals surface area (Å²) in [5.74, 6) is 0.102. The van der Waals surface area contributed by atoms with Crippen LogP contribution in [0.5, 0.6) is 0 Å². The van der Waals surface area contributed by atoms with Gasteiger partial charge in [-0.25, -0.2) is 4.57 Å². The minimum Gasteiger partial charge on any atom is -0.396 e. The van der Waals surface area contributed by atoms with Crippen molar-refractivity contribution >= 4 is 25.3 Å². The van der Waals surface area contributed by atoms with Crippen LogP contribution in [0.2, 0.25) is 0 Å². The molecular formula is C19H26N5O6P. The van der Waals surface area contributed by atoms with E-state index >= 15 is 0 Å². The molecule has 1 saturated carbocycles. The highest BCUT2D eigenvalue weighted by molar-refractivity contribution is 7.47. The summed E-state index contributed by atoms with van der Waals surface area (Å²) in [6.45, 7) is 0.247. The Morgan fingerprint density at radius 1 is 1.29 bits per heavy atom. The van der Waals surface area contributed by atoms with Crippen LogP contribution in [0.15, 0.2) is 35.1 Å². The summed E-state index contributed by atoms with van der Waals surface area (Å²) in [6, 6.07) is 9.35. The molecule has 0 saturated heterocycles. The minimum absolute atomic E-state index is 0.00922. The van der Waals surface area contributed by atoms with Gasteiger partial charge < -0.3 is 26.0 Å². The maximum Gasteiger partial charge on any atom is 0.472 e. The van der Waals surface area contributed by atoms with Crippen molar-refractivity contribution in [1.29, 1.82) is 0 Å². The first kappa shape index (κ1) is 21.8. The van der Waals surface area contributed by atoms with Gasteiger partial charge in [0.15, 0.2) is 5.82 Å². The number of benzene rings is 1. The second-order valence-electron chi connectivity index (χ2n) is 7.70. The number of hydrogen-bond donors (Lipinski definition) is 5. The maximum absolute atomic E-state index is 12.3. The number of hydrogen-bond acceptors (Lipinski definition) is 9. The van der Waals surface area contributed by atoms with Gasteiger partial charge in [0.05, 0.1) is 19.9 Å². The summed E-state index contributed by atoms with van der Waals surface area (Å²) in [5.41, 5.74) is 6.64. The van der Waals surface area contributed by atoms with Crippen LogP contribution in [-0.4, -0.2) is 52.5 Å². The van der Waals surface area contributed by atoms with E-state index in [0.717, 1.165) is 5.56 Å². The molecule has 168 valence electrons. The lowest BCUT2D eigenvalue weighted by Gasteiger charge is -2.48. The molecule has 0 radical (unpaired) electrons. The molecule has 1 aliphatic carbocycles. The van der Waals surface area contributed by atoms with Crippen LogP contribution in [0, 0.1) is 11.8 Å². The zero-order valence-electron chi connectivity index (χ0n) is 16.8. The van der Waals surface area contributed by atoms with Crippen LogP contribution in [0.4, 0.5) is 17.5 Å². The van der Waals surface area contributed by atoms with Crippen molar-refractivity contribution in [3.63, 3.8) is 0 Å². The number of H-pyrrole nitrogens is 1. The third-order valence-corrected chi connectivity index (χ3v) is 6.80. The molecule has 0 bridgehead atoms. The number of nitrogens with one attached hydrogen (secondary N) is 2. The average Bonchev–Trinajstić information content (AvgIpc) is 3.12. The zero-order chi connectivity index (χ0) is 22.0. The smallest absolute Gasteiger partial charge is 0.396 e. The Morgan fingerprint density at radius 2 is 2.06 bits per heavy atom. The Hall–Kier alpha value is -2.43. The molecule has 2 aliphatic rings. The van der Waals surface area contributed by atoms with Gasteiger partial charge in [-0.15, -0.1) is 0 Å². The molecule has 4 atom stereocenters. The molecule has 31 heavy (non-hydrogen) atoms. The molecule has 1 aromatic carbocycles. The molecule has 1 unspecified atom stereocenters. The standard InChI is InChI=1S/C19H26N5O6P/c20-19-22-17-16(18(26)23-19)21-11-24(17)15-8-13(9-25)14(15)10-30-31(27,28)29-7-6-12-4-2-1-3-5-12/h1-5,13-15,21,25H,6-11H2,(H,27,28)(H3,20,22,23,26)/t13-,14-,15-/m1/s1. The van der Waals surface area contributed by atoms with Gasteiger partial charge in [0.25, 0.3) is 5.56 Å². The number of phosphoric acid groups is 1. The Balaban J connectivity index is 1.36.